The molecule has 1 aromatic rings. The molecule has 0 amide bonds. The molecule has 0 aliphatic carbocycles. The van der Waals surface area contributed by atoms with Gasteiger partial charge in [0.2, 0.25) is 0 Å². The van der Waals surface area contributed by atoms with Crippen molar-refractivity contribution in [3.05, 3.63) is 29.6 Å². The second kappa shape index (κ2) is 5.96. The highest BCUT2D eigenvalue weighted by molar-refractivity contribution is 5.97. The van der Waals surface area contributed by atoms with Crippen molar-refractivity contribution < 1.29 is 18.7 Å². The first kappa shape index (κ1) is 13.0. The van der Waals surface area contributed by atoms with Gasteiger partial charge >= 0.3 is 0 Å². The van der Waals surface area contributed by atoms with Crippen molar-refractivity contribution in [1.82, 2.24) is 0 Å². The van der Waals surface area contributed by atoms with Gasteiger partial charge in [0.05, 0.1) is 12.2 Å². The highest BCUT2D eigenvalue weighted by atomic mass is 19.1. The average Bonchev–Trinajstić information content (AvgIpc) is 2.37. The predicted molar refractivity (Wildman–Crippen MR) is 65.4 cm³/mol. The lowest BCUT2D eigenvalue weighted by atomic mass is 10.0. The maximum atomic E-state index is 13.5. The molecular weight excluding hydrogens is 235 g/mol. The van der Waals surface area contributed by atoms with Crippen LogP contribution >= 0.6 is 0 Å². The van der Waals surface area contributed by atoms with Gasteiger partial charge in [-0.3, -0.25) is 4.79 Å². The van der Waals surface area contributed by atoms with Gasteiger partial charge in [-0.05, 0) is 37.8 Å². The Balaban J connectivity index is 2.04. The predicted octanol–water partition coefficient (Wildman–Crippen LogP) is 2.83. The van der Waals surface area contributed by atoms with Crippen LogP contribution in [0.15, 0.2) is 18.2 Å². The normalized spacial score (nSPS) is 16.6. The van der Waals surface area contributed by atoms with Gasteiger partial charge in [0.15, 0.2) is 5.78 Å². The summed E-state index contributed by atoms with van der Waals surface area (Å²) in [4.78, 5) is 11.4. The molecule has 0 atom stereocenters. The van der Waals surface area contributed by atoms with Gasteiger partial charge in [0, 0.05) is 13.2 Å². The Labute approximate surface area is 106 Å². The SMILES string of the molecule is CC(=O)c1c(F)cccc1OCC1CCOCC1. The van der Waals surface area contributed by atoms with E-state index in [0.29, 0.717) is 18.3 Å². The van der Waals surface area contributed by atoms with Crippen LogP contribution in [0, 0.1) is 11.7 Å². The van der Waals surface area contributed by atoms with E-state index in [1.807, 2.05) is 0 Å². The number of hydrogen-bond acceptors (Lipinski definition) is 3. The number of halogens is 1. The lowest BCUT2D eigenvalue weighted by molar-refractivity contribution is 0.0495. The van der Waals surface area contributed by atoms with Gasteiger partial charge in [-0.2, -0.15) is 0 Å². The quantitative estimate of drug-likeness (QED) is 0.773. The fourth-order valence-corrected chi connectivity index (χ4v) is 2.09. The highest BCUT2D eigenvalue weighted by Gasteiger charge is 2.18. The van der Waals surface area contributed by atoms with E-state index in [1.165, 1.54) is 13.0 Å². The molecule has 0 N–H and O–H groups in total. The maximum absolute atomic E-state index is 13.5. The summed E-state index contributed by atoms with van der Waals surface area (Å²) in [5, 5.41) is 0. The third-order valence-corrected chi connectivity index (χ3v) is 3.14. The van der Waals surface area contributed by atoms with E-state index in [0.717, 1.165) is 26.1 Å². The first-order valence-corrected chi connectivity index (χ1v) is 6.18. The smallest absolute Gasteiger partial charge is 0.166 e. The van der Waals surface area contributed by atoms with E-state index in [2.05, 4.69) is 0 Å². The number of Topliss-reactive ketones (excluding diaryl/α,β-unsaturated/α-hetero) is 1. The molecule has 1 heterocycles. The molecule has 1 fully saturated rings. The number of carbonyl (C=O) groups excluding carboxylic acids is 1. The molecule has 1 aliphatic heterocycles. The zero-order valence-electron chi connectivity index (χ0n) is 10.4. The van der Waals surface area contributed by atoms with Gasteiger partial charge in [-0.15, -0.1) is 0 Å². The van der Waals surface area contributed by atoms with Gasteiger partial charge in [-0.1, -0.05) is 6.07 Å². The molecule has 0 bridgehead atoms. The summed E-state index contributed by atoms with van der Waals surface area (Å²) >= 11 is 0. The van der Waals surface area contributed by atoms with Gasteiger partial charge in [0.25, 0.3) is 0 Å². The molecule has 4 heteroatoms. The molecule has 18 heavy (non-hydrogen) atoms. The molecule has 98 valence electrons. The van der Waals surface area contributed by atoms with E-state index >= 15 is 0 Å². The van der Waals surface area contributed by atoms with Crippen LogP contribution < -0.4 is 4.74 Å². The first-order valence-electron chi connectivity index (χ1n) is 6.18. The number of rotatable bonds is 4. The first-order chi connectivity index (χ1) is 8.68. The number of ether oxygens (including phenoxy) is 2. The minimum atomic E-state index is -0.521. The molecule has 0 radical (unpaired) electrons. The van der Waals surface area contributed by atoms with Crippen LogP contribution in [0.3, 0.4) is 0 Å². The van der Waals surface area contributed by atoms with Crippen molar-refractivity contribution in [2.45, 2.75) is 19.8 Å². The second-order valence-electron chi connectivity index (χ2n) is 4.54. The van der Waals surface area contributed by atoms with E-state index in [4.69, 9.17) is 9.47 Å². The third-order valence-electron chi connectivity index (χ3n) is 3.14. The Bertz CT molecular complexity index is 425. The van der Waals surface area contributed by atoms with E-state index < -0.39 is 5.82 Å². The Morgan fingerprint density at radius 1 is 1.44 bits per heavy atom. The standard InChI is InChI=1S/C14H17FO3/c1-10(16)14-12(15)3-2-4-13(14)18-9-11-5-7-17-8-6-11/h2-4,11H,5-9H2,1H3. The van der Waals surface area contributed by atoms with Crippen LogP contribution in [0.4, 0.5) is 4.39 Å². The summed E-state index contributed by atoms with van der Waals surface area (Å²) in [5.41, 5.74) is 0.0459. The molecule has 0 spiro atoms. The number of benzene rings is 1. The van der Waals surface area contributed by atoms with E-state index in [-0.39, 0.29) is 11.3 Å². The van der Waals surface area contributed by atoms with E-state index in [1.54, 1.807) is 12.1 Å². The van der Waals surface area contributed by atoms with Crippen molar-refractivity contribution in [3.63, 3.8) is 0 Å². The van der Waals surface area contributed by atoms with Gasteiger partial charge in [-0.25, -0.2) is 4.39 Å². The molecule has 1 aromatic carbocycles. The summed E-state index contributed by atoms with van der Waals surface area (Å²) in [6, 6.07) is 4.47. The van der Waals surface area contributed by atoms with Crippen LogP contribution in [0.2, 0.25) is 0 Å². The van der Waals surface area contributed by atoms with Crippen molar-refractivity contribution >= 4 is 5.78 Å². The minimum absolute atomic E-state index is 0.0459. The van der Waals surface area contributed by atoms with Crippen molar-refractivity contribution in [3.8, 4) is 5.75 Å². The summed E-state index contributed by atoms with van der Waals surface area (Å²) in [7, 11) is 0. The van der Waals surface area contributed by atoms with E-state index in [9.17, 15) is 9.18 Å². The molecular formula is C14H17FO3. The van der Waals surface area contributed by atoms with Crippen LogP contribution in [0.25, 0.3) is 0 Å². The molecule has 0 aromatic heterocycles. The number of hydrogen-bond donors (Lipinski definition) is 0. The van der Waals surface area contributed by atoms with Crippen molar-refractivity contribution in [2.75, 3.05) is 19.8 Å². The lowest BCUT2D eigenvalue weighted by Crippen LogP contribution is -2.22. The Kier molecular flexibility index (Phi) is 4.31. The zero-order chi connectivity index (χ0) is 13.0. The van der Waals surface area contributed by atoms with Crippen molar-refractivity contribution in [2.24, 2.45) is 5.92 Å². The second-order valence-corrected chi connectivity index (χ2v) is 4.54. The molecule has 3 nitrogen and oxygen atoms in total. The zero-order valence-corrected chi connectivity index (χ0v) is 10.4. The van der Waals surface area contributed by atoms with Crippen LogP contribution in [-0.2, 0) is 4.74 Å². The third kappa shape index (κ3) is 3.07. The number of ketones is 1. The minimum Gasteiger partial charge on any atom is -0.492 e. The topological polar surface area (TPSA) is 35.5 Å². The highest BCUT2D eigenvalue weighted by Crippen LogP contribution is 2.24. The van der Waals surface area contributed by atoms with Crippen LogP contribution in [0.1, 0.15) is 30.1 Å². The molecule has 0 saturated carbocycles. The molecule has 2 rings (SSSR count). The lowest BCUT2D eigenvalue weighted by Gasteiger charge is -2.22. The Hall–Kier alpha value is -1.42. The molecule has 1 saturated heterocycles. The van der Waals surface area contributed by atoms with Crippen LogP contribution in [0.5, 0.6) is 5.75 Å². The summed E-state index contributed by atoms with van der Waals surface area (Å²) in [5.74, 6) is -0.0714. The fraction of sp³-hybridized carbons (Fsp3) is 0.500. The summed E-state index contributed by atoms with van der Waals surface area (Å²) in [6.07, 6.45) is 1.90. The molecule has 0 unspecified atom stereocenters. The number of carbonyl (C=O) groups is 1. The monoisotopic (exact) mass is 252 g/mol. The Morgan fingerprint density at radius 3 is 2.83 bits per heavy atom. The average molecular weight is 252 g/mol. The van der Waals surface area contributed by atoms with Crippen LogP contribution in [-0.4, -0.2) is 25.6 Å². The maximum Gasteiger partial charge on any atom is 0.166 e. The summed E-state index contributed by atoms with van der Waals surface area (Å²) in [6.45, 7) is 3.35. The summed E-state index contributed by atoms with van der Waals surface area (Å²) < 4.78 is 24.4. The van der Waals surface area contributed by atoms with Crippen molar-refractivity contribution in [1.29, 1.82) is 0 Å². The van der Waals surface area contributed by atoms with Gasteiger partial charge in [0.1, 0.15) is 11.6 Å². The molecule has 1 aliphatic rings. The Morgan fingerprint density at radius 2 is 2.17 bits per heavy atom. The largest absolute Gasteiger partial charge is 0.492 e. The van der Waals surface area contributed by atoms with Gasteiger partial charge < -0.3 is 9.47 Å². The fourth-order valence-electron chi connectivity index (χ4n) is 2.09.